The number of carbonyl (C=O) groups is 3. The third-order valence-corrected chi connectivity index (χ3v) is 8.47. The summed E-state index contributed by atoms with van der Waals surface area (Å²) in [6.07, 6.45) is 6.67. The van der Waals surface area contributed by atoms with Crippen molar-refractivity contribution in [2.75, 3.05) is 4.72 Å². The summed E-state index contributed by atoms with van der Waals surface area (Å²) in [7, 11) is -3.89. The minimum Gasteiger partial charge on any atom is -0.329 e. The van der Waals surface area contributed by atoms with Crippen molar-refractivity contribution in [2.24, 2.45) is 0 Å². The number of anilines is 1. The lowest BCUT2D eigenvalue weighted by Crippen LogP contribution is -2.51. The van der Waals surface area contributed by atoms with Crippen LogP contribution < -0.4 is 10.0 Å². The average molecular weight is 494 g/mol. The molecule has 2 aromatic rings. The van der Waals surface area contributed by atoms with Crippen LogP contribution in [-0.4, -0.2) is 37.1 Å². The van der Waals surface area contributed by atoms with Crippen LogP contribution in [0.2, 0.25) is 0 Å². The lowest BCUT2D eigenvalue weighted by Gasteiger charge is -2.29. The second kappa shape index (κ2) is 8.96. The Hall–Kier alpha value is -3.46. The molecule has 1 aliphatic carbocycles. The van der Waals surface area contributed by atoms with E-state index in [0.717, 1.165) is 23.3 Å². The molecule has 8 nitrogen and oxygen atoms in total. The quantitative estimate of drug-likeness (QED) is 0.613. The van der Waals surface area contributed by atoms with Gasteiger partial charge in [0.2, 0.25) is 5.91 Å². The Morgan fingerprint density at radius 3 is 2.26 bits per heavy atom. The summed E-state index contributed by atoms with van der Waals surface area (Å²) < 4.78 is 28.5. The van der Waals surface area contributed by atoms with E-state index in [1.807, 2.05) is 12.1 Å². The van der Waals surface area contributed by atoms with Crippen molar-refractivity contribution in [1.82, 2.24) is 10.2 Å². The maximum atomic E-state index is 13.0. The third kappa shape index (κ3) is 4.36. The van der Waals surface area contributed by atoms with Crippen LogP contribution in [0.25, 0.3) is 0 Å². The van der Waals surface area contributed by atoms with Gasteiger partial charge in [-0.2, -0.15) is 0 Å². The predicted molar refractivity (Wildman–Crippen MR) is 130 cm³/mol. The van der Waals surface area contributed by atoms with E-state index in [1.54, 1.807) is 12.1 Å². The topological polar surface area (TPSA) is 113 Å². The van der Waals surface area contributed by atoms with Crippen LogP contribution in [0, 0.1) is 0 Å². The molecule has 0 aromatic heterocycles. The molecule has 2 N–H and O–H groups in total. The molecule has 1 saturated carbocycles. The molecule has 2 aromatic carbocycles. The van der Waals surface area contributed by atoms with Gasteiger partial charge in [0.05, 0.1) is 16.0 Å². The maximum absolute atomic E-state index is 13.0. The largest absolute Gasteiger partial charge is 0.329 e. The van der Waals surface area contributed by atoms with Crippen LogP contribution in [0.15, 0.2) is 59.6 Å². The van der Waals surface area contributed by atoms with Crippen LogP contribution in [0.1, 0.15) is 77.1 Å². The highest BCUT2D eigenvalue weighted by atomic mass is 32.2. The van der Waals surface area contributed by atoms with Crippen molar-refractivity contribution in [2.45, 2.75) is 61.8 Å². The van der Waals surface area contributed by atoms with Gasteiger partial charge in [-0.25, -0.2) is 8.42 Å². The fraction of sp³-hybridized carbons (Fsp3) is 0.346. The summed E-state index contributed by atoms with van der Waals surface area (Å²) in [5.74, 6) is -1.16. The summed E-state index contributed by atoms with van der Waals surface area (Å²) >= 11 is 0. The van der Waals surface area contributed by atoms with Crippen molar-refractivity contribution >= 4 is 33.4 Å². The first-order valence-corrected chi connectivity index (χ1v) is 13.4. The summed E-state index contributed by atoms with van der Waals surface area (Å²) in [6.45, 7) is 3.72. The lowest BCUT2D eigenvalue weighted by molar-refractivity contribution is -0.125. The molecule has 35 heavy (non-hydrogen) atoms. The number of fused-ring (bicyclic) bond motifs is 1. The molecule has 182 valence electrons. The molecule has 3 aliphatic rings. The highest BCUT2D eigenvalue weighted by molar-refractivity contribution is 7.92. The van der Waals surface area contributed by atoms with Crippen LogP contribution in [0.3, 0.4) is 0 Å². The summed E-state index contributed by atoms with van der Waals surface area (Å²) in [5.41, 5.74) is 2.09. The second-order valence-corrected chi connectivity index (χ2v) is 11.1. The predicted octanol–water partition coefficient (Wildman–Crippen LogP) is 3.92. The zero-order valence-electron chi connectivity index (χ0n) is 19.2. The van der Waals surface area contributed by atoms with E-state index in [2.05, 4.69) is 16.6 Å². The number of imide groups is 1. The summed E-state index contributed by atoms with van der Waals surface area (Å²) in [4.78, 5) is 39.4. The molecule has 0 bridgehead atoms. The van der Waals surface area contributed by atoms with Crippen molar-refractivity contribution in [3.05, 3.63) is 71.4 Å². The maximum Gasteiger partial charge on any atom is 0.262 e. The summed E-state index contributed by atoms with van der Waals surface area (Å²) in [6, 6.07) is 10.2. The third-order valence-electron chi connectivity index (χ3n) is 7.07. The second-order valence-electron chi connectivity index (χ2n) is 9.40. The van der Waals surface area contributed by atoms with Gasteiger partial charge in [-0.05, 0) is 67.5 Å². The van der Waals surface area contributed by atoms with Gasteiger partial charge in [-0.15, -0.1) is 0 Å². The number of nitrogens with one attached hydrogen (secondary N) is 2. The Balaban J connectivity index is 1.34. The smallest absolute Gasteiger partial charge is 0.262 e. The molecule has 1 unspecified atom stereocenters. The minimum absolute atomic E-state index is 0.0695. The molecular formula is C26H27N3O5S. The number of amides is 3. The molecule has 2 fully saturated rings. The van der Waals surface area contributed by atoms with Gasteiger partial charge in [-0.1, -0.05) is 38.0 Å². The number of nitrogens with zero attached hydrogens (tertiary/aromatic N) is 1. The van der Waals surface area contributed by atoms with E-state index in [9.17, 15) is 22.8 Å². The first kappa shape index (κ1) is 23.3. The number of benzene rings is 2. The van der Waals surface area contributed by atoms with E-state index in [-0.39, 0.29) is 21.7 Å². The zero-order valence-corrected chi connectivity index (χ0v) is 20.1. The monoisotopic (exact) mass is 493 g/mol. The number of rotatable bonds is 5. The van der Waals surface area contributed by atoms with Crippen LogP contribution in [0.5, 0.6) is 0 Å². The van der Waals surface area contributed by atoms with E-state index in [1.165, 1.54) is 37.5 Å². The SMILES string of the molecule is C=C1CCC(N2C(=O)c3ccc(NS(=O)(=O)c4ccc(C5CCCCC5)cc4)cc3C2=O)C(=O)N1. The first-order chi connectivity index (χ1) is 16.7. The number of sulfonamides is 1. The van der Waals surface area contributed by atoms with Gasteiger partial charge in [0.15, 0.2) is 0 Å². The van der Waals surface area contributed by atoms with Crippen LogP contribution in [-0.2, 0) is 14.8 Å². The molecule has 2 heterocycles. The molecular weight excluding hydrogens is 466 g/mol. The van der Waals surface area contributed by atoms with Crippen LogP contribution >= 0.6 is 0 Å². The fourth-order valence-corrected chi connectivity index (χ4v) is 6.23. The molecule has 5 rings (SSSR count). The Kier molecular flexibility index (Phi) is 5.96. The Labute approximate surface area is 204 Å². The molecule has 2 aliphatic heterocycles. The van der Waals surface area contributed by atoms with Crippen molar-refractivity contribution in [3.63, 3.8) is 0 Å². The Morgan fingerprint density at radius 2 is 1.57 bits per heavy atom. The number of allylic oxidation sites excluding steroid dienone is 1. The number of hydrogen-bond donors (Lipinski definition) is 2. The van der Waals surface area contributed by atoms with Gasteiger partial charge in [-0.3, -0.25) is 24.0 Å². The highest BCUT2D eigenvalue weighted by Gasteiger charge is 2.44. The summed E-state index contributed by atoms with van der Waals surface area (Å²) in [5, 5.41) is 2.59. The van der Waals surface area contributed by atoms with Crippen molar-refractivity contribution in [3.8, 4) is 0 Å². The average Bonchev–Trinajstić information content (AvgIpc) is 3.09. The molecule has 1 saturated heterocycles. The molecule has 3 amide bonds. The van der Waals surface area contributed by atoms with Crippen molar-refractivity contribution in [1.29, 1.82) is 0 Å². The van der Waals surface area contributed by atoms with E-state index < -0.39 is 33.8 Å². The fourth-order valence-electron chi connectivity index (χ4n) is 5.18. The van der Waals surface area contributed by atoms with E-state index in [0.29, 0.717) is 24.5 Å². The highest BCUT2D eigenvalue weighted by Crippen LogP contribution is 2.34. The molecule has 1 atom stereocenters. The van der Waals surface area contributed by atoms with Gasteiger partial charge >= 0.3 is 0 Å². The Bertz CT molecular complexity index is 1330. The van der Waals surface area contributed by atoms with Gasteiger partial charge in [0.25, 0.3) is 21.8 Å². The van der Waals surface area contributed by atoms with Crippen molar-refractivity contribution < 1.29 is 22.8 Å². The Morgan fingerprint density at radius 1 is 0.886 bits per heavy atom. The number of hydrogen-bond acceptors (Lipinski definition) is 5. The van der Waals surface area contributed by atoms with E-state index in [4.69, 9.17) is 0 Å². The molecule has 0 spiro atoms. The van der Waals surface area contributed by atoms with Gasteiger partial charge in [0, 0.05) is 11.4 Å². The van der Waals surface area contributed by atoms with E-state index >= 15 is 0 Å². The standard InChI is InChI=1S/C26H27N3O5S/c1-16-7-14-23(24(30)27-16)29-25(31)21-13-10-19(15-22(21)26(29)32)28-35(33,34)20-11-8-18(9-12-20)17-5-3-2-4-6-17/h8-13,15,17,23,28H,1-7,14H2,(H,27,30). The molecule has 0 radical (unpaired) electrons. The number of piperidine rings is 1. The lowest BCUT2D eigenvalue weighted by atomic mass is 9.84. The normalized spacial score (nSPS) is 21.1. The van der Waals surface area contributed by atoms with Gasteiger partial charge in [0.1, 0.15) is 6.04 Å². The zero-order chi connectivity index (χ0) is 24.7. The first-order valence-electron chi connectivity index (χ1n) is 11.9. The number of carbonyl (C=O) groups excluding carboxylic acids is 3. The van der Waals surface area contributed by atoms with Gasteiger partial charge < -0.3 is 5.32 Å². The van der Waals surface area contributed by atoms with Crippen LogP contribution in [0.4, 0.5) is 5.69 Å². The molecule has 9 heteroatoms. The minimum atomic E-state index is -3.89.